The van der Waals surface area contributed by atoms with Crippen molar-refractivity contribution in [3.63, 3.8) is 0 Å². The Hall–Kier alpha value is -3.02. The lowest BCUT2D eigenvalue weighted by atomic mass is 10.3. The van der Waals surface area contributed by atoms with E-state index in [1.54, 1.807) is 6.07 Å². The van der Waals surface area contributed by atoms with Crippen LogP contribution < -0.4 is 10.6 Å². The third-order valence-corrected chi connectivity index (χ3v) is 2.93. The van der Waals surface area contributed by atoms with Gasteiger partial charge >= 0.3 is 0 Å². The van der Waals surface area contributed by atoms with E-state index < -0.39 is 11.6 Å². The predicted molar refractivity (Wildman–Crippen MR) is 81.4 cm³/mol. The summed E-state index contributed by atoms with van der Waals surface area (Å²) in [5, 5.41) is 5.71. The number of benzene rings is 2. The average Bonchev–Trinajstić information content (AvgIpc) is 2.53. The molecular formula is C16H12F2N4. The van der Waals surface area contributed by atoms with E-state index in [1.807, 2.05) is 30.3 Å². The van der Waals surface area contributed by atoms with E-state index in [-0.39, 0.29) is 11.5 Å². The van der Waals surface area contributed by atoms with Crippen molar-refractivity contribution in [2.24, 2.45) is 0 Å². The molecule has 4 nitrogen and oxygen atoms in total. The van der Waals surface area contributed by atoms with Crippen LogP contribution >= 0.6 is 0 Å². The lowest BCUT2D eigenvalue weighted by Gasteiger charge is -2.09. The zero-order valence-electron chi connectivity index (χ0n) is 11.4. The lowest BCUT2D eigenvalue weighted by Crippen LogP contribution is -2.01. The van der Waals surface area contributed by atoms with E-state index in [9.17, 15) is 8.78 Å². The van der Waals surface area contributed by atoms with Crippen LogP contribution in [0.2, 0.25) is 0 Å². The topological polar surface area (TPSA) is 49.8 Å². The fraction of sp³-hybridized carbons (Fsp3) is 0. The number of halogens is 2. The van der Waals surface area contributed by atoms with Gasteiger partial charge in [0.1, 0.15) is 35.3 Å². The Morgan fingerprint density at radius 3 is 2.05 bits per heavy atom. The Morgan fingerprint density at radius 1 is 0.727 bits per heavy atom. The second-order valence-electron chi connectivity index (χ2n) is 4.50. The van der Waals surface area contributed by atoms with Crippen molar-refractivity contribution in [1.82, 2.24) is 9.97 Å². The molecule has 0 atom stereocenters. The molecule has 2 aromatic carbocycles. The third kappa shape index (κ3) is 3.17. The van der Waals surface area contributed by atoms with Gasteiger partial charge in [-0.15, -0.1) is 0 Å². The Morgan fingerprint density at radius 2 is 1.36 bits per heavy atom. The summed E-state index contributed by atoms with van der Waals surface area (Å²) < 4.78 is 27.2. The molecule has 0 unspecified atom stereocenters. The highest BCUT2D eigenvalue weighted by molar-refractivity contribution is 5.63. The maximum absolute atomic E-state index is 13.6. The van der Waals surface area contributed by atoms with Crippen molar-refractivity contribution in [3.05, 3.63) is 72.6 Å². The van der Waals surface area contributed by atoms with Crippen molar-refractivity contribution in [3.8, 4) is 0 Å². The number of para-hydroxylation sites is 2. The third-order valence-electron chi connectivity index (χ3n) is 2.93. The predicted octanol–water partition coefficient (Wildman–Crippen LogP) is 4.24. The van der Waals surface area contributed by atoms with Crippen molar-refractivity contribution in [1.29, 1.82) is 0 Å². The summed E-state index contributed by atoms with van der Waals surface area (Å²) in [4.78, 5) is 8.03. The molecule has 0 aliphatic heterocycles. The highest BCUT2D eigenvalue weighted by atomic mass is 19.1. The van der Waals surface area contributed by atoms with Crippen molar-refractivity contribution in [2.45, 2.75) is 0 Å². The smallest absolute Gasteiger partial charge is 0.149 e. The van der Waals surface area contributed by atoms with Crippen LogP contribution in [0.25, 0.3) is 0 Å². The summed E-state index contributed by atoms with van der Waals surface area (Å²) in [6, 6.07) is 14.7. The summed E-state index contributed by atoms with van der Waals surface area (Å²) in [7, 11) is 0. The van der Waals surface area contributed by atoms with Gasteiger partial charge in [-0.1, -0.05) is 24.3 Å². The Balaban J connectivity index is 1.82. The molecule has 2 N–H and O–H groups in total. The van der Waals surface area contributed by atoms with Gasteiger partial charge in [-0.2, -0.15) is 0 Å². The van der Waals surface area contributed by atoms with Crippen LogP contribution in [0.15, 0.2) is 60.9 Å². The lowest BCUT2D eigenvalue weighted by molar-refractivity contribution is 0.590. The molecular weight excluding hydrogens is 286 g/mol. The molecule has 3 aromatic rings. The van der Waals surface area contributed by atoms with Crippen LogP contribution in [0.4, 0.5) is 31.8 Å². The molecule has 0 amide bonds. The number of hydrogen-bond donors (Lipinski definition) is 2. The summed E-state index contributed by atoms with van der Waals surface area (Å²) in [5.74, 6) is -0.565. The minimum Gasteiger partial charge on any atom is -0.340 e. The van der Waals surface area contributed by atoms with Gasteiger partial charge in [0.2, 0.25) is 0 Å². The molecule has 1 heterocycles. The highest BCUT2D eigenvalue weighted by Gasteiger charge is 2.09. The summed E-state index contributed by atoms with van der Waals surface area (Å²) in [6.07, 6.45) is 1.31. The normalized spacial score (nSPS) is 10.3. The van der Waals surface area contributed by atoms with E-state index in [0.29, 0.717) is 5.82 Å². The maximum atomic E-state index is 13.6. The number of aromatic nitrogens is 2. The number of nitrogens with zero attached hydrogens (tertiary/aromatic N) is 2. The minimum atomic E-state index is -0.684. The quantitative estimate of drug-likeness (QED) is 0.756. The highest BCUT2D eigenvalue weighted by Crippen LogP contribution is 2.23. The van der Waals surface area contributed by atoms with Crippen LogP contribution in [-0.2, 0) is 0 Å². The number of anilines is 4. The number of nitrogens with one attached hydrogen (secondary N) is 2. The van der Waals surface area contributed by atoms with Gasteiger partial charge in [0.15, 0.2) is 0 Å². The van der Waals surface area contributed by atoms with Crippen molar-refractivity contribution in [2.75, 3.05) is 10.6 Å². The summed E-state index contributed by atoms with van der Waals surface area (Å²) >= 11 is 0. The molecule has 0 bridgehead atoms. The molecule has 0 aliphatic rings. The SMILES string of the molecule is Fc1cccc(F)c1Nc1cc(Nc2ccccc2)ncn1. The zero-order valence-corrected chi connectivity index (χ0v) is 11.4. The zero-order chi connectivity index (χ0) is 15.4. The summed E-state index contributed by atoms with van der Waals surface area (Å²) in [5.41, 5.74) is 0.607. The molecule has 0 radical (unpaired) electrons. The first kappa shape index (κ1) is 13.9. The molecule has 0 saturated heterocycles. The first-order valence-electron chi connectivity index (χ1n) is 6.57. The molecule has 0 aliphatic carbocycles. The largest absolute Gasteiger partial charge is 0.340 e. The van der Waals surface area contributed by atoms with Crippen molar-refractivity contribution < 1.29 is 8.78 Å². The van der Waals surface area contributed by atoms with Gasteiger partial charge in [0.25, 0.3) is 0 Å². The van der Waals surface area contributed by atoms with Gasteiger partial charge in [-0.05, 0) is 24.3 Å². The molecule has 110 valence electrons. The van der Waals surface area contributed by atoms with Crippen LogP contribution in [0, 0.1) is 11.6 Å². The van der Waals surface area contributed by atoms with Crippen LogP contribution in [0.1, 0.15) is 0 Å². The Kier molecular flexibility index (Phi) is 3.91. The standard InChI is InChI=1S/C16H12F2N4/c17-12-7-4-8-13(18)16(12)22-15-9-14(19-10-20-15)21-11-5-2-1-3-6-11/h1-10H,(H2,19,20,21,22). The maximum Gasteiger partial charge on any atom is 0.149 e. The monoisotopic (exact) mass is 298 g/mol. The van der Waals surface area contributed by atoms with E-state index in [2.05, 4.69) is 20.6 Å². The van der Waals surface area contributed by atoms with Crippen molar-refractivity contribution >= 4 is 23.0 Å². The van der Waals surface area contributed by atoms with Gasteiger partial charge in [-0.3, -0.25) is 0 Å². The minimum absolute atomic E-state index is 0.244. The Bertz CT molecular complexity index is 758. The van der Waals surface area contributed by atoms with Crippen LogP contribution in [0.3, 0.4) is 0 Å². The molecule has 1 aromatic heterocycles. The van der Waals surface area contributed by atoms with Gasteiger partial charge in [0.05, 0.1) is 0 Å². The molecule has 6 heteroatoms. The van der Waals surface area contributed by atoms with Crippen LogP contribution in [-0.4, -0.2) is 9.97 Å². The molecule has 0 spiro atoms. The number of hydrogen-bond acceptors (Lipinski definition) is 4. The van der Waals surface area contributed by atoms with E-state index in [1.165, 1.54) is 24.5 Å². The van der Waals surface area contributed by atoms with Gasteiger partial charge in [0, 0.05) is 11.8 Å². The van der Waals surface area contributed by atoms with E-state index >= 15 is 0 Å². The first-order valence-corrected chi connectivity index (χ1v) is 6.57. The first-order chi connectivity index (χ1) is 10.7. The average molecular weight is 298 g/mol. The second kappa shape index (κ2) is 6.17. The van der Waals surface area contributed by atoms with Crippen LogP contribution in [0.5, 0.6) is 0 Å². The Labute approximate surface area is 125 Å². The second-order valence-corrected chi connectivity index (χ2v) is 4.50. The number of rotatable bonds is 4. The fourth-order valence-electron chi connectivity index (χ4n) is 1.91. The van der Waals surface area contributed by atoms with E-state index in [4.69, 9.17) is 0 Å². The molecule has 0 fully saturated rings. The molecule has 22 heavy (non-hydrogen) atoms. The summed E-state index contributed by atoms with van der Waals surface area (Å²) in [6.45, 7) is 0. The molecule has 3 rings (SSSR count). The van der Waals surface area contributed by atoms with Gasteiger partial charge in [-0.25, -0.2) is 18.7 Å². The molecule has 0 saturated carbocycles. The van der Waals surface area contributed by atoms with Gasteiger partial charge < -0.3 is 10.6 Å². The fourth-order valence-corrected chi connectivity index (χ4v) is 1.91. The van der Waals surface area contributed by atoms with E-state index in [0.717, 1.165) is 5.69 Å².